The van der Waals surface area contributed by atoms with Crippen molar-refractivity contribution in [2.75, 3.05) is 5.32 Å². The van der Waals surface area contributed by atoms with Gasteiger partial charge in [0.25, 0.3) is 0 Å². The Morgan fingerprint density at radius 3 is 2.29 bits per heavy atom. The molecule has 3 N–H and O–H groups in total. The summed E-state index contributed by atoms with van der Waals surface area (Å²) < 4.78 is 7.05. The minimum atomic E-state index is 0.128. The molecule has 6 heteroatoms. The molecule has 0 aliphatic carbocycles. The van der Waals surface area contributed by atoms with Gasteiger partial charge >= 0.3 is 11.6 Å². The van der Waals surface area contributed by atoms with E-state index in [1.807, 2.05) is 60.7 Å². The molecule has 0 amide bonds. The number of nitrogens with two attached hydrogens (primary N) is 1. The van der Waals surface area contributed by atoms with Crippen LogP contribution in [0.4, 0.5) is 5.88 Å². The lowest BCUT2D eigenvalue weighted by Crippen LogP contribution is -2.34. The monoisotopic (exact) mass is 297 g/mol. The van der Waals surface area contributed by atoms with Gasteiger partial charge in [0.05, 0.1) is 5.56 Å². The van der Waals surface area contributed by atoms with Gasteiger partial charge in [-0.25, -0.2) is 0 Å². The lowest BCUT2D eigenvalue weighted by Gasteiger charge is -1.99. The number of benzene rings is 2. The molecule has 1 aromatic heterocycles. The van der Waals surface area contributed by atoms with E-state index in [1.54, 1.807) is 4.68 Å². The first-order valence-corrected chi connectivity index (χ1v) is 6.76. The van der Waals surface area contributed by atoms with E-state index in [0.717, 1.165) is 16.9 Å². The quantitative estimate of drug-likeness (QED) is 0.573. The van der Waals surface area contributed by atoms with Crippen molar-refractivity contribution in [2.45, 2.75) is 0 Å². The van der Waals surface area contributed by atoms with Crippen LogP contribution in [0, 0.1) is 0 Å². The van der Waals surface area contributed by atoms with Crippen molar-refractivity contribution in [3.63, 3.8) is 0 Å². The van der Waals surface area contributed by atoms with Crippen molar-refractivity contribution in [3.8, 4) is 16.9 Å². The Balaban J connectivity index is 2.18. The minimum absolute atomic E-state index is 0.128. The van der Waals surface area contributed by atoms with Crippen LogP contribution in [0.15, 0.2) is 65.2 Å². The van der Waals surface area contributed by atoms with E-state index in [9.17, 15) is 0 Å². The van der Waals surface area contributed by atoms with Crippen LogP contribution in [-0.2, 0) is 0 Å². The van der Waals surface area contributed by atoms with Crippen LogP contribution in [0.1, 0.15) is 0 Å². The number of anilines is 1. The Bertz CT molecular complexity index is 756. The number of rotatable bonds is 3. The molecular formula is C15H13N4OS+. The largest absolute Gasteiger partial charge is 0.376 e. The maximum atomic E-state index is 5.54. The Labute approximate surface area is 127 Å². The Morgan fingerprint density at radius 1 is 1.05 bits per heavy atom. The summed E-state index contributed by atoms with van der Waals surface area (Å²) in [6, 6.07) is 19.5. The first-order chi connectivity index (χ1) is 10.3. The zero-order chi connectivity index (χ0) is 14.7. The number of hydrogen-bond acceptors (Lipinski definition) is 3. The van der Waals surface area contributed by atoms with Crippen LogP contribution >= 0.6 is 12.2 Å². The summed E-state index contributed by atoms with van der Waals surface area (Å²) in [5, 5.41) is 7.03. The van der Waals surface area contributed by atoms with E-state index in [2.05, 4.69) is 10.6 Å². The molecule has 0 spiro atoms. The first kappa shape index (κ1) is 13.3. The van der Waals surface area contributed by atoms with Gasteiger partial charge in [0.2, 0.25) is 11.0 Å². The molecule has 0 saturated carbocycles. The van der Waals surface area contributed by atoms with Crippen LogP contribution in [0.3, 0.4) is 0 Å². The van der Waals surface area contributed by atoms with E-state index in [4.69, 9.17) is 22.5 Å². The van der Waals surface area contributed by atoms with Crippen molar-refractivity contribution in [1.82, 2.24) is 5.27 Å². The van der Waals surface area contributed by atoms with Gasteiger partial charge in [-0.1, -0.05) is 36.4 Å². The highest BCUT2D eigenvalue weighted by Crippen LogP contribution is 2.25. The molecule has 0 aliphatic heterocycles. The summed E-state index contributed by atoms with van der Waals surface area (Å²) >= 11 is 4.88. The van der Waals surface area contributed by atoms with E-state index in [1.165, 1.54) is 0 Å². The van der Waals surface area contributed by atoms with Crippen LogP contribution in [0.25, 0.3) is 16.9 Å². The zero-order valence-electron chi connectivity index (χ0n) is 11.1. The van der Waals surface area contributed by atoms with Crippen molar-refractivity contribution in [1.29, 1.82) is 0 Å². The van der Waals surface area contributed by atoms with E-state index < -0.39 is 0 Å². The standard InChI is InChI=1S/C15H12N4OS/c16-15(21)17-14-13(11-7-3-1-4-8-11)19(18-20-14)12-9-5-2-6-10-12/h1-10H,(H2-,16,17,18,21)/p+1. The Morgan fingerprint density at radius 2 is 1.67 bits per heavy atom. The Kier molecular flexibility index (Phi) is 3.61. The topological polar surface area (TPSA) is 68.0 Å². The summed E-state index contributed by atoms with van der Waals surface area (Å²) in [5.74, 6) is 0.414. The van der Waals surface area contributed by atoms with Gasteiger partial charge in [-0.2, -0.15) is 0 Å². The molecule has 104 valence electrons. The predicted octanol–water partition coefficient (Wildman–Crippen LogP) is 2.27. The molecule has 1 heterocycles. The van der Waals surface area contributed by atoms with Crippen LogP contribution in [0.2, 0.25) is 0 Å². The molecule has 0 unspecified atom stereocenters. The summed E-state index contributed by atoms with van der Waals surface area (Å²) in [7, 11) is 0. The first-order valence-electron chi connectivity index (χ1n) is 6.35. The maximum Gasteiger partial charge on any atom is 0.312 e. The van der Waals surface area contributed by atoms with Crippen LogP contribution in [0.5, 0.6) is 0 Å². The fourth-order valence-corrected chi connectivity index (χ4v) is 2.14. The molecular weight excluding hydrogens is 284 g/mol. The molecule has 0 saturated heterocycles. The van der Waals surface area contributed by atoms with Crippen LogP contribution < -0.4 is 15.7 Å². The van der Waals surface area contributed by atoms with E-state index in [0.29, 0.717) is 5.88 Å². The third-order valence-corrected chi connectivity index (χ3v) is 3.03. The number of thiocarbonyl (C=S) groups is 1. The highest BCUT2D eigenvalue weighted by atomic mass is 32.1. The van der Waals surface area contributed by atoms with Crippen molar-refractivity contribution < 1.29 is 9.20 Å². The molecule has 0 aliphatic rings. The van der Waals surface area contributed by atoms with Gasteiger partial charge < -0.3 is 5.73 Å². The zero-order valence-corrected chi connectivity index (χ0v) is 11.9. The highest BCUT2D eigenvalue weighted by Gasteiger charge is 2.28. The summed E-state index contributed by atoms with van der Waals surface area (Å²) in [6.45, 7) is 0. The lowest BCUT2D eigenvalue weighted by molar-refractivity contribution is -0.660. The SMILES string of the molecule is NC(=S)Nc1on[n+](-c2ccccc2)c1-c1ccccc1. The molecule has 21 heavy (non-hydrogen) atoms. The molecule has 2 aromatic carbocycles. The number of aromatic nitrogens is 2. The average molecular weight is 297 g/mol. The molecule has 0 atom stereocenters. The molecule has 3 rings (SSSR count). The summed E-state index contributed by atoms with van der Waals surface area (Å²) in [5.41, 5.74) is 8.13. The molecule has 3 aromatic rings. The number of nitrogens with one attached hydrogen (secondary N) is 1. The second kappa shape index (κ2) is 5.72. The van der Waals surface area contributed by atoms with Crippen molar-refractivity contribution >= 4 is 23.2 Å². The smallest absolute Gasteiger partial charge is 0.312 e. The average Bonchev–Trinajstić information content (AvgIpc) is 2.92. The van der Waals surface area contributed by atoms with E-state index >= 15 is 0 Å². The van der Waals surface area contributed by atoms with Crippen LogP contribution in [-0.4, -0.2) is 10.4 Å². The molecule has 5 nitrogen and oxygen atoms in total. The normalized spacial score (nSPS) is 10.3. The number of para-hydroxylation sites is 1. The molecule has 0 radical (unpaired) electrons. The second-order valence-corrected chi connectivity index (χ2v) is 4.79. The van der Waals surface area contributed by atoms with Gasteiger partial charge in [-0.15, -0.1) is 0 Å². The number of nitrogens with zero attached hydrogens (tertiary/aromatic N) is 2. The van der Waals surface area contributed by atoms with Crippen molar-refractivity contribution in [3.05, 3.63) is 60.7 Å². The third kappa shape index (κ3) is 2.75. The fraction of sp³-hybridized carbons (Fsp3) is 0. The maximum absolute atomic E-state index is 5.54. The minimum Gasteiger partial charge on any atom is -0.376 e. The van der Waals surface area contributed by atoms with Gasteiger partial charge in [0.15, 0.2) is 5.11 Å². The second-order valence-electron chi connectivity index (χ2n) is 4.35. The molecule has 0 fully saturated rings. The van der Waals surface area contributed by atoms with Crippen molar-refractivity contribution in [2.24, 2.45) is 5.73 Å². The van der Waals surface area contributed by atoms with E-state index in [-0.39, 0.29) is 5.11 Å². The predicted molar refractivity (Wildman–Crippen MR) is 83.9 cm³/mol. The lowest BCUT2D eigenvalue weighted by atomic mass is 10.1. The summed E-state index contributed by atoms with van der Waals surface area (Å²) in [4.78, 5) is 0. The molecule has 0 bridgehead atoms. The third-order valence-electron chi connectivity index (χ3n) is 2.93. The summed E-state index contributed by atoms with van der Waals surface area (Å²) in [6.07, 6.45) is 0. The van der Waals surface area contributed by atoms with Gasteiger partial charge in [0, 0.05) is 12.1 Å². The number of hydrogen-bond donors (Lipinski definition) is 2. The Hall–Kier alpha value is -2.73. The highest BCUT2D eigenvalue weighted by molar-refractivity contribution is 7.80. The fourth-order valence-electron chi connectivity index (χ4n) is 2.05. The van der Waals surface area contributed by atoms with Gasteiger partial charge in [0.1, 0.15) is 0 Å². The van der Waals surface area contributed by atoms with Gasteiger partial charge in [-0.05, 0) is 29.0 Å². The van der Waals surface area contributed by atoms with Gasteiger partial charge in [-0.3, -0.25) is 9.84 Å².